The zero-order chi connectivity index (χ0) is 8.81. The van der Waals surface area contributed by atoms with Crippen molar-refractivity contribution in [3.05, 3.63) is 12.2 Å². The lowest BCUT2D eigenvalue weighted by Crippen LogP contribution is -2.32. The van der Waals surface area contributed by atoms with Gasteiger partial charge in [0.2, 0.25) is 0 Å². The van der Waals surface area contributed by atoms with Gasteiger partial charge in [0, 0.05) is 0 Å². The number of aliphatic hydroxyl groups is 1. The van der Waals surface area contributed by atoms with Gasteiger partial charge in [-0.05, 0) is 38.4 Å². The molecule has 0 aromatic rings. The van der Waals surface area contributed by atoms with Crippen LogP contribution in [0.4, 0.5) is 0 Å². The van der Waals surface area contributed by atoms with Gasteiger partial charge < -0.3 is 10.0 Å². The molecule has 1 N–H and O–H groups in total. The highest BCUT2D eigenvalue weighted by atomic mass is 16.2. The first kappa shape index (κ1) is 9.75. The molecule has 70 valence electrons. The molecule has 0 unspecified atom stereocenters. The van der Waals surface area contributed by atoms with Gasteiger partial charge in [-0.15, -0.1) is 0 Å². The fraction of sp³-hybridized carbons (Fsp3) is 0.800. The van der Waals surface area contributed by atoms with Gasteiger partial charge in [-0.3, -0.25) is 0 Å². The third kappa shape index (κ3) is 2.95. The molecule has 1 rings (SSSR count). The van der Waals surface area contributed by atoms with Crippen molar-refractivity contribution in [1.82, 2.24) is 4.90 Å². The SMILES string of the molecule is CCN1CCC(/C=C\CO)CC1. The van der Waals surface area contributed by atoms with E-state index >= 15 is 0 Å². The fourth-order valence-corrected chi connectivity index (χ4v) is 1.71. The Morgan fingerprint density at radius 1 is 1.42 bits per heavy atom. The summed E-state index contributed by atoms with van der Waals surface area (Å²) in [4.78, 5) is 2.48. The van der Waals surface area contributed by atoms with E-state index < -0.39 is 0 Å². The summed E-state index contributed by atoms with van der Waals surface area (Å²) in [5.74, 6) is 0.708. The van der Waals surface area contributed by atoms with Crippen LogP contribution in [0.1, 0.15) is 19.8 Å². The summed E-state index contributed by atoms with van der Waals surface area (Å²) in [6.45, 7) is 6.02. The standard InChI is InChI=1S/C10H19NO/c1-2-11-7-5-10(6-8-11)4-3-9-12/h3-4,10,12H,2,5-9H2,1H3/b4-3-. The normalized spacial score (nSPS) is 22.2. The predicted molar refractivity (Wildman–Crippen MR) is 51.1 cm³/mol. The van der Waals surface area contributed by atoms with Crippen molar-refractivity contribution in [2.45, 2.75) is 19.8 Å². The maximum absolute atomic E-state index is 8.60. The zero-order valence-corrected chi connectivity index (χ0v) is 7.87. The van der Waals surface area contributed by atoms with Crippen molar-refractivity contribution in [3.63, 3.8) is 0 Å². The molecule has 1 aliphatic heterocycles. The van der Waals surface area contributed by atoms with Gasteiger partial charge in [-0.1, -0.05) is 19.1 Å². The molecule has 1 fully saturated rings. The molecule has 0 aliphatic carbocycles. The number of piperidine rings is 1. The number of nitrogens with zero attached hydrogens (tertiary/aromatic N) is 1. The highest BCUT2D eigenvalue weighted by molar-refractivity contribution is 4.90. The molecule has 2 nitrogen and oxygen atoms in total. The first-order chi connectivity index (χ1) is 5.86. The summed E-state index contributed by atoms with van der Waals surface area (Å²) >= 11 is 0. The number of aliphatic hydroxyl groups excluding tert-OH is 1. The van der Waals surface area contributed by atoms with E-state index in [1.165, 1.54) is 32.5 Å². The fourth-order valence-electron chi connectivity index (χ4n) is 1.71. The summed E-state index contributed by atoms with van der Waals surface area (Å²) < 4.78 is 0. The molecular weight excluding hydrogens is 150 g/mol. The lowest BCUT2D eigenvalue weighted by Gasteiger charge is -2.29. The molecule has 0 radical (unpaired) electrons. The van der Waals surface area contributed by atoms with E-state index in [-0.39, 0.29) is 6.61 Å². The highest BCUT2D eigenvalue weighted by Gasteiger charge is 2.14. The van der Waals surface area contributed by atoms with Gasteiger partial charge >= 0.3 is 0 Å². The van der Waals surface area contributed by atoms with Crippen LogP contribution in [-0.4, -0.2) is 36.2 Å². The molecule has 1 heterocycles. The highest BCUT2D eigenvalue weighted by Crippen LogP contribution is 2.17. The molecule has 1 aliphatic rings. The summed E-state index contributed by atoms with van der Waals surface area (Å²) in [5.41, 5.74) is 0. The average Bonchev–Trinajstić information content (AvgIpc) is 2.15. The van der Waals surface area contributed by atoms with Gasteiger partial charge in [0.15, 0.2) is 0 Å². The van der Waals surface area contributed by atoms with E-state index in [0.717, 1.165) is 0 Å². The van der Waals surface area contributed by atoms with Crippen LogP contribution in [0, 0.1) is 5.92 Å². The quantitative estimate of drug-likeness (QED) is 0.643. The number of hydrogen-bond acceptors (Lipinski definition) is 2. The second-order valence-corrected chi connectivity index (χ2v) is 3.38. The zero-order valence-electron chi connectivity index (χ0n) is 7.87. The minimum absolute atomic E-state index is 0.188. The Morgan fingerprint density at radius 2 is 2.08 bits per heavy atom. The molecule has 0 aromatic carbocycles. The molecular formula is C10H19NO. The largest absolute Gasteiger partial charge is 0.392 e. The van der Waals surface area contributed by atoms with Gasteiger partial charge in [0.1, 0.15) is 0 Å². The lowest BCUT2D eigenvalue weighted by molar-refractivity contribution is 0.212. The Hall–Kier alpha value is -0.340. The summed E-state index contributed by atoms with van der Waals surface area (Å²) in [6.07, 6.45) is 6.54. The van der Waals surface area contributed by atoms with Crippen molar-refractivity contribution in [2.75, 3.05) is 26.2 Å². The van der Waals surface area contributed by atoms with E-state index in [1.54, 1.807) is 0 Å². The van der Waals surface area contributed by atoms with E-state index in [4.69, 9.17) is 5.11 Å². The Morgan fingerprint density at radius 3 is 2.58 bits per heavy atom. The van der Waals surface area contributed by atoms with Crippen LogP contribution < -0.4 is 0 Å². The van der Waals surface area contributed by atoms with Crippen LogP contribution in [0.5, 0.6) is 0 Å². The Kier molecular flexibility index (Phi) is 4.33. The second kappa shape index (κ2) is 5.33. The van der Waals surface area contributed by atoms with Crippen molar-refractivity contribution in [1.29, 1.82) is 0 Å². The first-order valence-electron chi connectivity index (χ1n) is 4.86. The Balaban J connectivity index is 2.21. The molecule has 0 amide bonds. The average molecular weight is 169 g/mol. The molecule has 1 saturated heterocycles. The lowest BCUT2D eigenvalue weighted by atomic mass is 9.96. The van der Waals surface area contributed by atoms with E-state index in [2.05, 4.69) is 17.9 Å². The second-order valence-electron chi connectivity index (χ2n) is 3.38. The first-order valence-corrected chi connectivity index (χ1v) is 4.86. The number of rotatable bonds is 3. The van der Waals surface area contributed by atoms with E-state index in [0.29, 0.717) is 5.92 Å². The van der Waals surface area contributed by atoms with Crippen LogP contribution in [0.2, 0.25) is 0 Å². The smallest absolute Gasteiger partial charge is 0.0612 e. The van der Waals surface area contributed by atoms with Gasteiger partial charge in [0.05, 0.1) is 6.61 Å². The van der Waals surface area contributed by atoms with Crippen molar-refractivity contribution < 1.29 is 5.11 Å². The van der Waals surface area contributed by atoms with Crippen molar-refractivity contribution >= 4 is 0 Å². The number of hydrogen-bond donors (Lipinski definition) is 1. The third-order valence-electron chi connectivity index (χ3n) is 2.59. The predicted octanol–water partition coefficient (Wildman–Crippen LogP) is 1.27. The minimum Gasteiger partial charge on any atom is -0.392 e. The molecule has 2 heteroatoms. The Bertz CT molecular complexity index is 137. The summed E-state index contributed by atoms with van der Waals surface area (Å²) in [6, 6.07) is 0. The summed E-state index contributed by atoms with van der Waals surface area (Å²) in [7, 11) is 0. The number of allylic oxidation sites excluding steroid dienone is 1. The van der Waals surface area contributed by atoms with Gasteiger partial charge in [-0.25, -0.2) is 0 Å². The maximum atomic E-state index is 8.60. The van der Waals surface area contributed by atoms with Gasteiger partial charge in [-0.2, -0.15) is 0 Å². The molecule has 12 heavy (non-hydrogen) atoms. The molecule has 0 aromatic heterocycles. The number of likely N-dealkylation sites (tertiary alicyclic amines) is 1. The molecule has 0 saturated carbocycles. The van der Waals surface area contributed by atoms with E-state index in [9.17, 15) is 0 Å². The Labute approximate surface area is 74.9 Å². The van der Waals surface area contributed by atoms with Crippen molar-refractivity contribution in [3.8, 4) is 0 Å². The van der Waals surface area contributed by atoms with Crippen LogP contribution in [-0.2, 0) is 0 Å². The monoisotopic (exact) mass is 169 g/mol. The van der Waals surface area contributed by atoms with Crippen LogP contribution in [0.3, 0.4) is 0 Å². The molecule has 0 spiro atoms. The molecule has 0 atom stereocenters. The van der Waals surface area contributed by atoms with Gasteiger partial charge in [0.25, 0.3) is 0 Å². The van der Waals surface area contributed by atoms with Crippen LogP contribution >= 0.6 is 0 Å². The van der Waals surface area contributed by atoms with Crippen LogP contribution in [0.25, 0.3) is 0 Å². The minimum atomic E-state index is 0.188. The van der Waals surface area contributed by atoms with Crippen molar-refractivity contribution in [2.24, 2.45) is 5.92 Å². The van der Waals surface area contributed by atoms with E-state index in [1.807, 2.05) is 6.08 Å². The summed E-state index contributed by atoms with van der Waals surface area (Å²) in [5, 5.41) is 8.60. The molecule has 0 bridgehead atoms. The van der Waals surface area contributed by atoms with Crippen LogP contribution in [0.15, 0.2) is 12.2 Å². The third-order valence-corrected chi connectivity index (χ3v) is 2.59. The topological polar surface area (TPSA) is 23.5 Å². The maximum Gasteiger partial charge on any atom is 0.0612 e.